The molecule has 3 amide bonds. The van der Waals surface area contributed by atoms with E-state index in [0.29, 0.717) is 6.42 Å². The monoisotopic (exact) mass is 374 g/mol. The molecule has 3 rings (SSSR count). The largest absolute Gasteiger partial charge is 0.379 e. The zero-order valence-electron chi connectivity index (χ0n) is 16.1. The molecule has 1 aromatic carbocycles. The fourth-order valence-corrected chi connectivity index (χ4v) is 3.77. The van der Waals surface area contributed by atoms with Gasteiger partial charge in [0, 0.05) is 45.0 Å². The molecule has 148 valence electrons. The van der Waals surface area contributed by atoms with Crippen LogP contribution in [0.4, 0.5) is 10.5 Å². The summed E-state index contributed by atoms with van der Waals surface area (Å²) in [5, 5.41) is 5.64. The first kappa shape index (κ1) is 19.6. The van der Waals surface area contributed by atoms with E-state index in [4.69, 9.17) is 4.74 Å². The molecule has 7 nitrogen and oxygen atoms in total. The Bertz CT molecular complexity index is 646. The lowest BCUT2D eigenvalue weighted by Gasteiger charge is -2.39. The third kappa shape index (κ3) is 5.68. The number of likely N-dealkylation sites (tertiary alicyclic amines) is 1. The third-order valence-electron chi connectivity index (χ3n) is 5.28. The van der Waals surface area contributed by atoms with E-state index < -0.39 is 0 Å². The van der Waals surface area contributed by atoms with E-state index in [1.165, 1.54) is 6.42 Å². The molecule has 2 saturated heterocycles. The molecule has 1 aromatic rings. The zero-order chi connectivity index (χ0) is 19.1. The molecule has 7 heteroatoms. The van der Waals surface area contributed by atoms with Crippen LogP contribution in [0.3, 0.4) is 0 Å². The summed E-state index contributed by atoms with van der Waals surface area (Å²) in [5.74, 6) is -0.0416. The minimum atomic E-state index is -0.0509. The fraction of sp³-hybridized carbons (Fsp3) is 0.600. The van der Waals surface area contributed by atoms with Crippen molar-refractivity contribution >= 4 is 17.6 Å². The SMILES string of the molecule is CNC(=O)Cc1cccc(NC(=O)N2CCCC[C@H]2CN2CCOCC2)c1. The van der Waals surface area contributed by atoms with Crippen LogP contribution in [0.25, 0.3) is 0 Å². The lowest BCUT2D eigenvalue weighted by Crippen LogP contribution is -2.52. The van der Waals surface area contributed by atoms with Crippen molar-refractivity contribution < 1.29 is 14.3 Å². The molecule has 2 aliphatic rings. The van der Waals surface area contributed by atoms with Gasteiger partial charge in [-0.1, -0.05) is 12.1 Å². The molecule has 0 aliphatic carbocycles. The summed E-state index contributed by atoms with van der Waals surface area (Å²) in [5.41, 5.74) is 1.62. The highest BCUT2D eigenvalue weighted by Crippen LogP contribution is 2.20. The predicted molar refractivity (Wildman–Crippen MR) is 105 cm³/mol. The van der Waals surface area contributed by atoms with Gasteiger partial charge in [-0.15, -0.1) is 0 Å². The van der Waals surface area contributed by atoms with E-state index in [1.807, 2.05) is 29.2 Å². The maximum absolute atomic E-state index is 12.9. The van der Waals surface area contributed by atoms with Gasteiger partial charge in [0.1, 0.15) is 0 Å². The summed E-state index contributed by atoms with van der Waals surface area (Å²) < 4.78 is 5.43. The molecule has 0 unspecified atom stereocenters. The number of rotatable bonds is 5. The Hall–Kier alpha value is -2.12. The standard InChI is InChI=1S/C20H30N4O3/c1-21-19(25)14-16-5-4-6-17(13-16)22-20(26)24-8-3-2-7-18(24)15-23-9-11-27-12-10-23/h4-6,13,18H,2-3,7-12,14-15H2,1H3,(H,21,25)(H,22,26)/t18-/m0/s1. The Morgan fingerprint density at radius 1 is 1.19 bits per heavy atom. The molecule has 2 aliphatic heterocycles. The van der Waals surface area contributed by atoms with Crippen molar-refractivity contribution in [2.45, 2.75) is 31.7 Å². The van der Waals surface area contributed by atoms with Gasteiger partial charge in [-0.2, -0.15) is 0 Å². The summed E-state index contributed by atoms with van der Waals surface area (Å²) in [4.78, 5) is 28.8. The van der Waals surface area contributed by atoms with Gasteiger partial charge >= 0.3 is 6.03 Å². The number of morpholine rings is 1. The van der Waals surface area contributed by atoms with Crippen LogP contribution in [-0.4, -0.2) is 74.2 Å². The van der Waals surface area contributed by atoms with Crippen LogP contribution < -0.4 is 10.6 Å². The number of likely N-dealkylation sites (N-methyl/N-ethyl adjacent to an activating group) is 1. The van der Waals surface area contributed by atoms with Crippen molar-refractivity contribution in [3.05, 3.63) is 29.8 Å². The average Bonchev–Trinajstić information content (AvgIpc) is 2.69. The Morgan fingerprint density at radius 2 is 2.00 bits per heavy atom. The van der Waals surface area contributed by atoms with E-state index in [1.54, 1.807) is 7.05 Å². The minimum Gasteiger partial charge on any atom is -0.379 e. The van der Waals surface area contributed by atoms with Crippen molar-refractivity contribution in [3.63, 3.8) is 0 Å². The number of nitrogens with zero attached hydrogens (tertiary/aromatic N) is 2. The van der Waals surface area contributed by atoms with Gasteiger partial charge in [0.05, 0.1) is 19.6 Å². The molecular formula is C20H30N4O3. The molecule has 0 spiro atoms. The number of amides is 3. The molecule has 0 radical (unpaired) electrons. The van der Waals surface area contributed by atoms with Gasteiger partial charge in [0.15, 0.2) is 0 Å². The van der Waals surface area contributed by atoms with E-state index in [2.05, 4.69) is 15.5 Å². The summed E-state index contributed by atoms with van der Waals surface area (Å²) in [7, 11) is 1.62. The van der Waals surface area contributed by atoms with Gasteiger partial charge in [-0.05, 0) is 37.0 Å². The number of urea groups is 1. The molecule has 0 saturated carbocycles. The van der Waals surface area contributed by atoms with Crippen molar-refractivity contribution in [3.8, 4) is 0 Å². The summed E-state index contributed by atoms with van der Waals surface area (Å²) in [6, 6.07) is 7.69. The first-order chi connectivity index (χ1) is 13.2. The van der Waals surface area contributed by atoms with Crippen molar-refractivity contribution in [2.24, 2.45) is 0 Å². The number of hydrogen-bond acceptors (Lipinski definition) is 4. The second-order valence-corrected chi connectivity index (χ2v) is 7.24. The Balaban J connectivity index is 1.61. The molecular weight excluding hydrogens is 344 g/mol. The van der Waals surface area contributed by atoms with Crippen LogP contribution in [-0.2, 0) is 16.0 Å². The highest BCUT2D eigenvalue weighted by molar-refractivity contribution is 5.90. The van der Waals surface area contributed by atoms with Crippen LogP contribution in [0.1, 0.15) is 24.8 Å². The van der Waals surface area contributed by atoms with Gasteiger partial charge in [-0.3, -0.25) is 9.69 Å². The average molecular weight is 374 g/mol. The number of carbonyl (C=O) groups excluding carboxylic acids is 2. The second-order valence-electron chi connectivity index (χ2n) is 7.24. The molecule has 0 aromatic heterocycles. The predicted octanol–water partition coefficient (Wildman–Crippen LogP) is 1.69. The topological polar surface area (TPSA) is 73.9 Å². The van der Waals surface area contributed by atoms with Crippen LogP contribution in [0.15, 0.2) is 24.3 Å². The normalized spacial score (nSPS) is 20.9. The van der Waals surface area contributed by atoms with Gasteiger partial charge in [0.25, 0.3) is 0 Å². The highest BCUT2D eigenvalue weighted by Gasteiger charge is 2.28. The third-order valence-corrected chi connectivity index (χ3v) is 5.28. The van der Waals surface area contributed by atoms with Gasteiger partial charge in [-0.25, -0.2) is 4.79 Å². The number of piperidine rings is 1. The number of carbonyl (C=O) groups is 2. The molecule has 2 fully saturated rings. The Kier molecular flexibility index (Phi) is 7.06. The zero-order valence-corrected chi connectivity index (χ0v) is 16.1. The number of benzene rings is 1. The smallest absolute Gasteiger partial charge is 0.322 e. The first-order valence-electron chi connectivity index (χ1n) is 9.83. The molecule has 1 atom stereocenters. The lowest BCUT2D eigenvalue weighted by atomic mass is 10.0. The number of ether oxygens (including phenoxy) is 1. The van der Waals surface area contributed by atoms with Crippen molar-refractivity contribution in [2.75, 3.05) is 51.8 Å². The van der Waals surface area contributed by atoms with Crippen LogP contribution in [0, 0.1) is 0 Å². The van der Waals surface area contributed by atoms with Crippen LogP contribution in [0.2, 0.25) is 0 Å². The molecule has 2 heterocycles. The van der Waals surface area contributed by atoms with Crippen molar-refractivity contribution in [1.82, 2.24) is 15.1 Å². The number of anilines is 1. The van der Waals surface area contributed by atoms with E-state index in [9.17, 15) is 9.59 Å². The Morgan fingerprint density at radius 3 is 2.78 bits per heavy atom. The second kappa shape index (κ2) is 9.71. The molecule has 0 bridgehead atoms. The lowest BCUT2D eigenvalue weighted by molar-refractivity contribution is -0.119. The number of hydrogen-bond donors (Lipinski definition) is 2. The van der Waals surface area contributed by atoms with E-state index in [0.717, 1.165) is 63.5 Å². The maximum Gasteiger partial charge on any atom is 0.322 e. The fourth-order valence-electron chi connectivity index (χ4n) is 3.77. The van der Waals surface area contributed by atoms with Gasteiger partial charge < -0.3 is 20.3 Å². The summed E-state index contributed by atoms with van der Waals surface area (Å²) >= 11 is 0. The summed E-state index contributed by atoms with van der Waals surface area (Å²) in [6.45, 7) is 5.13. The highest BCUT2D eigenvalue weighted by atomic mass is 16.5. The maximum atomic E-state index is 12.9. The summed E-state index contributed by atoms with van der Waals surface area (Å²) in [6.07, 6.45) is 3.56. The molecule has 27 heavy (non-hydrogen) atoms. The minimum absolute atomic E-state index is 0.0416. The first-order valence-corrected chi connectivity index (χ1v) is 9.83. The van der Waals surface area contributed by atoms with E-state index >= 15 is 0 Å². The van der Waals surface area contributed by atoms with Crippen molar-refractivity contribution in [1.29, 1.82) is 0 Å². The van der Waals surface area contributed by atoms with Crippen LogP contribution in [0.5, 0.6) is 0 Å². The Labute approximate surface area is 161 Å². The number of nitrogens with one attached hydrogen (secondary N) is 2. The van der Waals surface area contributed by atoms with E-state index in [-0.39, 0.29) is 18.0 Å². The van der Waals surface area contributed by atoms with Gasteiger partial charge in [0.2, 0.25) is 5.91 Å². The molecule has 2 N–H and O–H groups in total. The van der Waals surface area contributed by atoms with Crippen LogP contribution >= 0.6 is 0 Å². The quantitative estimate of drug-likeness (QED) is 0.823.